The van der Waals surface area contributed by atoms with Crippen molar-refractivity contribution in [1.29, 1.82) is 0 Å². The fourth-order valence-corrected chi connectivity index (χ4v) is 3.27. The number of carbonyl (C=O) groups excluding carboxylic acids is 2. The van der Waals surface area contributed by atoms with E-state index in [-0.39, 0.29) is 17.7 Å². The van der Waals surface area contributed by atoms with Crippen LogP contribution in [0.1, 0.15) is 31.2 Å². The number of amides is 2. The van der Waals surface area contributed by atoms with Crippen LogP contribution in [0.4, 0.5) is 11.4 Å². The van der Waals surface area contributed by atoms with Crippen molar-refractivity contribution in [3.63, 3.8) is 0 Å². The third-order valence-corrected chi connectivity index (χ3v) is 4.40. The van der Waals surface area contributed by atoms with Gasteiger partial charge < -0.3 is 10.2 Å². The number of carbonyl (C=O) groups is 2. The number of fused-ring (bicyclic) bond motifs is 1. The smallest absolute Gasteiger partial charge is 0.247 e. The van der Waals surface area contributed by atoms with Crippen molar-refractivity contribution in [3.8, 4) is 0 Å². The minimum Gasteiger partial charge on any atom is -0.322 e. The lowest BCUT2D eigenvalue weighted by Gasteiger charge is -2.21. The third-order valence-electron chi connectivity index (χ3n) is 4.40. The third kappa shape index (κ3) is 2.71. The average Bonchev–Trinajstić information content (AvgIpc) is 3.15. The van der Waals surface area contributed by atoms with E-state index in [4.69, 9.17) is 0 Å². The molecule has 0 spiro atoms. The van der Waals surface area contributed by atoms with Crippen LogP contribution in [-0.2, 0) is 16.0 Å². The van der Waals surface area contributed by atoms with Crippen LogP contribution in [0.2, 0.25) is 0 Å². The van der Waals surface area contributed by atoms with Crippen molar-refractivity contribution in [2.75, 3.05) is 16.8 Å². The lowest BCUT2D eigenvalue weighted by Crippen LogP contribution is -2.33. The van der Waals surface area contributed by atoms with Crippen LogP contribution in [0.3, 0.4) is 0 Å². The second-order valence-electron chi connectivity index (χ2n) is 5.76. The zero-order valence-corrected chi connectivity index (χ0v) is 12.1. The first-order valence-corrected chi connectivity index (χ1v) is 7.57. The molecule has 0 radical (unpaired) electrons. The Bertz CT molecular complexity index is 588. The predicted octanol–water partition coefficient (Wildman–Crippen LogP) is 2.89. The van der Waals surface area contributed by atoms with Gasteiger partial charge in [0, 0.05) is 23.8 Å². The Morgan fingerprint density at radius 3 is 2.76 bits per heavy atom. The van der Waals surface area contributed by atoms with E-state index < -0.39 is 0 Å². The van der Waals surface area contributed by atoms with Crippen LogP contribution < -0.4 is 10.2 Å². The summed E-state index contributed by atoms with van der Waals surface area (Å²) < 4.78 is 0. The molecule has 1 N–H and O–H groups in total. The molecule has 0 saturated heterocycles. The standard InChI is InChI=1S/C17H20N2O2/c1-2-16(20)18-14-8-7-12-9-10-19(15(12)11-14)17(21)13-5-3-4-6-13/h2,7-8,11,13H,1,3-6,9-10H2,(H,18,20). The van der Waals surface area contributed by atoms with Crippen LogP contribution in [0.5, 0.6) is 0 Å². The monoisotopic (exact) mass is 284 g/mol. The number of benzene rings is 1. The Morgan fingerprint density at radius 1 is 1.29 bits per heavy atom. The second kappa shape index (κ2) is 5.72. The van der Waals surface area contributed by atoms with Gasteiger partial charge >= 0.3 is 0 Å². The molecular weight excluding hydrogens is 264 g/mol. The largest absolute Gasteiger partial charge is 0.322 e. The van der Waals surface area contributed by atoms with Crippen molar-refractivity contribution in [3.05, 3.63) is 36.4 Å². The highest BCUT2D eigenvalue weighted by molar-refractivity contribution is 6.01. The maximum Gasteiger partial charge on any atom is 0.247 e. The molecule has 0 atom stereocenters. The van der Waals surface area contributed by atoms with Crippen LogP contribution in [0, 0.1) is 5.92 Å². The fraction of sp³-hybridized carbons (Fsp3) is 0.412. The van der Waals surface area contributed by atoms with E-state index in [1.54, 1.807) is 0 Å². The van der Waals surface area contributed by atoms with E-state index in [0.717, 1.165) is 44.3 Å². The average molecular weight is 284 g/mol. The number of hydrogen-bond acceptors (Lipinski definition) is 2. The predicted molar refractivity (Wildman–Crippen MR) is 83.3 cm³/mol. The molecule has 1 fully saturated rings. The summed E-state index contributed by atoms with van der Waals surface area (Å²) in [5.41, 5.74) is 2.84. The molecule has 1 aromatic carbocycles. The molecule has 3 rings (SSSR count). The quantitative estimate of drug-likeness (QED) is 0.868. The van der Waals surface area contributed by atoms with Gasteiger partial charge in [-0.1, -0.05) is 25.5 Å². The van der Waals surface area contributed by atoms with E-state index in [2.05, 4.69) is 11.9 Å². The lowest BCUT2D eigenvalue weighted by molar-refractivity contribution is -0.122. The highest BCUT2D eigenvalue weighted by Gasteiger charge is 2.31. The molecule has 4 heteroatoms. The molecule has 4 nitrogen and oxygen atoms in total. The van der Waals surface area contributed by atoms with Crippen LogP contribution in [-0.4, -0.2) is 18.4 Å². The van der Waals surface area contributed by atoms with Crippen molar-refractivity contribution < 1.29 is 9.59 Å². The number of nitrogens with zero attached hydrogens (tertiary/aromatic N) is 1. The number of anilines is 2. The van der Waals surface area contributed by atoms with Gasteiger partial charge in [-0.3, -0.25) is 9.59 Å². The summed E-state index contributed by atoms with van der Waals surface area (Å²) in [6.07, 6.45) is 6.48. The Labute approximate surface area is 124 Å². The Morgan fingerprint density at radius 2 is 2.05 bits per heavy atom. The van der Waals surface area contributed by atoms with Crippen LogP contribution >= 0.6 is 0 Å². The molecule has 1 heterocycles. The summed E-state index contributed by atoms with van der Waals surface area (Å²) in [6, 6.07) is 5.77. The van der Waals surface area contributed by atoms with Crippen LogP contribution in [0.15, 0.2) is 30.9 Å². The van der Waals surface area contributed by atoms with Gasteiger partial charge in [-0.15, -0.1) is 0 Å². The molecule has 2 amide bonds. The van der Waals surface area contributed by atoms with E-state index >= 15 is 0 Å². The zero-order chi connectivity index (χ0) is 14.8. The molecule has 0 aromatic heterocycles. The summed E-state index contributed by atoms with van der Waals surface area (Å²) in [4.78, 5) is 25.9. The second-order valence-corrected chi connectivity index (χ2v) is 5.76. The molecular formula is C17H20N2O2. The fourth-order valence-electron chi connectivity index (χ4n) is 3.27. The first-order valence-electron chi connectivity index (χ1n) is 7.57. The van der Waals surface area contributed by atoms with Gasteiger partial charge in [0.1, 0.15) is 0 Å². The van der Waals surface area contributed by atoms with Crippen molar-refractivity contribution in [2.45, 2.75) is 32.1 Å². The Balaban J connectivity index is 1.82. The van der Waals surface area contributed by atoms with Gasteiger partial charge in [0.15, 0.2) is 0 Å². The number of rotatable bonds is 3. The molecule has 1 saturated carbocycles. The summed E-state index contributed by atoms with van der Waals surface area (Å²) in [6.45, 7) is 4.20. The Hall–Kier alpha value is -2.10. The molecule has 0 bridgehead atoms. The van der Waals surface area contributed by atoms with Gasteiger partial charge in [0.2, 0.25) is 11.8 Å². The van der Waals surface area contributed by atoms with E-state index in [0.29, 0.717) is 5.69 Å². The zero-order valence-electron chi connectivity index (χ0n) is 12.1. The van der Waals surface area contributed by atoms with Gasteiger partial charge in [-0.2, -0.15) is 0 Å². The molecule has 1 aliphatic carbocycles. The first-order chi connectivity index (χ1) is 10.2. The summed E-state index contributed by atoms with van der Waals surface area (Å²) in [5, 5.41) is 2.76. The van der Waals surface area contributed by atoms with Gasteiger partial charge in [0.25, 0.3) is 0 Å². The highest BCUT2D eigenvalue weighted by Crippen LogP contribution is 2.35. The molecule has 2 aliphatic rings. The topological polar surface area (TPSA) is 49.4 Å². The molecule has 0 unspecified atom stereocenters. The van der Waals surface area contributed by atoms with Gasteiger partial charge in [-0.05, 0) is 43.0 Å². The molecule has 21 heavy (non-hydrogen) atoms. The van der Waals surface area contributed by atoms with Crippen molar-refractivity contribution in [2.24, 2.45) is 5.92 Å². The minimum atomic E-state index is -0.235. The summed E-state index contributed by atoms with van der Waals surface area (Å²) in [5.74, 6) is 0.197. The Kier molecular flexibility index (Phi) is 3.78. The molecule has 110 valence electrons. The molecule has 1 aliphatic heterocycles. The lowest BCUT2D eigenvalue weighted by atomic mass is 10.1. The summed E-state index contributed by atoms with van der Waals surface area (Å²) in [7, 11) is 0. The van der Waals surface area contributed by atoms with Gasteiger partial charge in [0.05, 0.1) is 0 Å². The minimum absolute atomic E-state index is 0.183. The first kappa shape index (κ1) is 13.9. The normalized spacial score (nSPS) is 17.6. The SMILES string of the molecule is C=CC(=O)Nc1ccc2c(c1)N(C(=O)C1CCCC1)CC2. The van der Waals surface area contributed by atoms with Gasteiger partial charge in [-0.25, -0.2) is 0 Å². The molecule has 1 aromatic rings. The maximum atomic E-state index is 12.6. The summed E-state index contributed by atoms with van der Waals surface area (Å²) >= 11 is 0. The van der Waals surface area contributed by atoms with E-state index in [9.17, 15) is 9.59 Å². The number of hydrogen-bond donors (Lipinski definition) is 1. The highest BCUT2D eigenvalue weighted by atomic mass is 16.2. The van der Waals surface area contributed by atoms with Crippen LogP contribution in [0.25, 0.3) is 0 Å². The maximum absolute atomic E-state index is 12.6. The van der Waals surface area contributed by atoms with E-state index in [1.807, 2.05) is 23.1 Å². The van der Waals surface area contributed by atoms with E-state index in [1.165, 1.54) is 11.6 Å². The van der Waals surface area contributed by atoms with Crippen molar-refractivity contribution >= 4 is 23.2 Å². The number of nitrogens with one attached hydrogen (secondary N) is 1. The van der Waals surface area contributed by atoms with Crippen molar-refractivity contribution in [1.82, 2.24) is 0 Å².